The van der Waals surface area contributed by atoms with Gasteiger partial charge in [-0.2, -0.15) is 0 Å². The van der Waals surface area contributed by atoms with Gasteiger partial charge in [-0.1, -0.05) is 35.9 Å². The van der Waals surface area contributed by atoms with Gasteiger partial charge in [-0.15, -0.1) is 0 Å². The SMILES string of the molecule is CC(C)(C)OC(=O)NCCC=Cc1ccc(C=O)cc1Cl. The first-order valence-corrected chi connectivity index (χ1v) is 7.08. The first-order valence-electron chi connectivity index (χ1n) is 6.70. The number of hydrogen-bond donors (Lipinski definition) is 1. The molecule has 0 atom stereocenters. The number of alkyl carbamates (subject to hydrolysis) is 1. The number of amides is 1. The van der Waals surface area contributed by atoms with Crippen LogP contribution in [0, 0.1) is 0 Å². The van der Waals surface area contributed by atoms with Gasteiger partial charge in [-0.25, -0.2) is 4.79 Å². The Balaban J connectivity index is 2.39. The molecule has 0 heterocycles. The van der Waals surface area contributed by atoms with Crippen LogP contribution >= 0.6 is 11.6 Å². The lowest BCUT2D eigenvalue weighted by Gasteiger charge is -2.19. The minimum Gasteiger partial charge on any atom is -0.444 e. The fourth-order valence-corrected chi connectivity index (χ4v) is 1.79. The summed E-state index contributed by atoms with van der Waals surface area (Å²) in [4.78, 5) is 22.0. The van der Waals surface area contributed by atoms with Crippen LogP contribution in [-0.4, -0.2) is 24.5 Å². The van der Waals surface area contributed by atoms with Crippen LogP contribution in [0.4, 0.5) is 4.79 Å². The number of aldehydes is 1. The maximum absolute atomic E-state index is 11.4. The van der Waals surface area contributed by atoms with Gasteiger partial charge in [0.1, 0.15) is 11.9 Å². The summed E-state index contributed by atoms with van der Waals surface area (Å²) in [5.74, 6) is 0. The molecule has 1 aromatic rings. The molecule has 4 nitrogen and oxygen atoms in total. The molecule has 114 valence electrons. The molecule has 1 N–H and O–H groups in total. The van der Waals surface area contributed by atoms with Crippen LogP contribution in [0.1, 0.15) is 43.1 Å². The van der Waals surface area contributed by atoms with E-state index in [9.17, 15) is 9.59 Å². The minimum absolute atomic E-state index is 0.427. The van der Waals surface area contributed by atoms with Crippen LogP contribution in [0.5, 0.6) is 0 Å². The third kappa shape index (κ3) is 6.95. The monoisotopic (exact) mass is 309 g/mol. The highest BCUT2D eigenvalue weighted by atomic mass is 35.5. The Morgan fingerprint density at radius 1 is 1.38 bits per heavy atom. The van der Waals surface area contributed by atoms with E-state index in [4.69, 9.17) is 16.3 Å². The summed E-state index contributed by atoms with van der Waals surface area (Å²) in [7, 11) is 0. The van der Waals surface area contributed by atoms with Gasteiger partial charge in [0, 0.05) is 17.1 Å². The van der Waals surface area contributed by atoms with Gasteiger partial charge >= 0.3 is 6.09 Å². The number of halogens is 1. The van der Waals surface area contributed by atoms with Crippen molar-refractivity contribution < 1.29 is 14.3 Å². The second kappa shape index (κ2) is 7.84. The molecule has 0 aromatic heterocycles. The molecule has 21 heavy (non-hydrogen) atoms. The average Bonchev–Trinajstić information content (AvgIpc) is 2.37. The smallest absolute Gasteiger partial charge is 0.407 e. The minimum atomic E-state index is -0.492. The van der Waals surface area contributed by atoms with Crippen LogP contribution in [0.2, 0.25) is 5.02 Å². The molecule has 5 heteroatoms. The molecule has 0 fully saturated rings. The molecular formula is C16H20ClNO3. The molecule has 0 radical (unpaired) electrons. The van der Waals surface area contributed by atoms with Gasteiger partial charge < -0.3 is 10.1 Å². The molecule has 0 saturated heterocycles. The maximum Gasteiger partial charge on any atom is 0.407 e. The predicted molar refractivity (Wildman–Crippen MR) is 84.7 cm³/mol. The zero-order valence-corrected chi connectivity index (χ0v) is 13.2. The lowest BCUT2D eigenvalue weighted by Crippen LogP contribution is -2.32. The molecule has 0 spiro atoms. The van der Waals surface area contributed by atoms with Crippen molar-refractivity contribution >= 4 is 30.1 Å². The maximum atomic E-state index is 11.4. The zero-order chi connectivity index (χ0) is 15.9. The molecule has 0 aliphatic heterocycles. The Kier molecular flexibility index (Phi) is 6.43. The number of ether oxygens (including phenoxy) is 1. The van der Waals surface area contributed by atoms with Gasteiger partial charge in [-0.05, 0) is 38.8 Å². The lowest BCUT2D eigenvalue weighted by atomic mass is 10.1. The number of benzene rings is 1. The van der Waals surface area contributed by atoms with E-state index in [-0.39, 0.29) is 0 Å². The second-order valence-electron chi connectivity index (χ2n) is 5.52. The third-order valence-electron chi connectivity index (χ3n) is 2.44. The van der Waals surface area contributed by atoms with Crippen LogP contribution in [0.3, 0.4) is 0 Å². The molecule has 0 bridgehead atoms. The number of carbonyl (C=O) groups is 2. The van der Waals surface area contributed by atoms with Crippen molar-refractivity contribution in [2.24, 2.45) is 0 Å². The number of rotatable bonds is 5. The van der Waals surface area contributed by atoms with E-state index in [2.05, 4.69) is 5.32 Å². The van der Waals surface area contributed by atoms with E-state index < -0.39 is 11.7 Å². The van der Waals surface area contributed by atoms with Crippen LogP contribution < -0.4 is 5.32 Å². The zero-order valence-electron chi connectivity index (χ0n) is 12.5. The van der Waals surface area contributed by atoms with Gasteiger partial charge in [-0.3, -0.25) is 4.79 Å². The van der Waals surface area contributed by atoms with Gasteiger partial charge in [0.05, 0.1) is 0 Å². The van der Waals surface area contributed by atoms with E-state index in [1.165, 1.54) is 0 Å². The quantitative estimate of drug-likeness (QED) is 0.658. The number of carbonyl (C=O) groups excluding carboxylic acids is 2. The van der Waals surface area contributed by atoms with Crippen molar-refractivity contribution in [3.63, 3.8) is 0 Å². The summed E-state index contributed by atoms with van der Waals surface area (Å²) in [5, 5.41) is 3.19. The standard InChI is InChI=1S/C16H20ClNO3/c1-16(2,3)21-15(20)18-9-5-4-6-13-8-7-12(11-19)10-14(13)17/h4,6-8,10-11H,5,9H2,1-3H3,(H,18,20). The summed E-state index contributed by atoms with van der Waals surface area (Å²) in [6.45, 7) is 5.93. The van der Waals surface area contributed by atoms with Crippen LogP contribution in [0.25, 0.3) is 6.08 Å². The highest BCUT2D eigenvalue weighted by Crippen LogP contribution is 2.18. The molecule has 0 aliphatic carbocycles. The summed E-state index contributed by atoms with van der Waals surface area (Å²) in [5.41, 5.74) is 0.886. The highest BCUT2D eigenvalue weighted by molar-refractivity contribution is 6.32. The average molecular weight is 310 g/mol. The Morgan fingerprint density at radius 3 is 2.67 bits per heavy atom. The largest absolute Gasteiger partial charge is 0.444 e. The van der Waals surface area contributed by atoms with Crippen molar-refractivity contribution in [1.29, 1.82) is 0 Å². The third-order valence-corrected chi connectivity index (χ3v) is 2.76. The Morgan fingerprint density at radius 2 is 2.10 bits per heavy atom. The van der Waals surface area contributed by atoms with E-state index >= 15 is 0 Å². The van der Waals surface area contributed by atoms with Crippen molar-refractivity contribution in [3.05, 3.63) is 40.4 Å². The summed E-state index contributed by atoms with van der Waals surface area (Å²) in [6.07, 6.45) is 4.74. The molecule has 0 aliphatic rings. The van der Waals surface area contributed by atoms with E-state index in [1.54, 1.807) is 18.2 Å². The lowest BCUT2D eigenvalue weighted by molar-refractivity contribution is 0.0528. The van der Waals surface area contributed by atoms with E-state index in [1.807, 2.05) is 32.9 Å². The van der Waals surface area contributed by atoms with Gasteiger partial charge in [0.2, 0.25) is 0 Å². The Hall–Kier alpha value is -1.81. The van der Waals surface area contributed by atoms with Crippen LogP contribution in [0.15, 0.2) is 24.3 Å². The molecule has 0 saturated carbocycles. The fourth-order valence-electron chi connectivity index (χ4n) is 1.53. The normalized spacial score (nSPS) is 11.4. The highest BCUT2D eigenvalue weighted by Gasteiger charge is 2.15. The molecule has 1 rings (SSSR count). The summed E-state index contributed by atoms with van der Waals surface area (Å²) < 4.78 is 5.12. The molecule has 0 unspecified atom stereocenters. The molecule has 1 amide bonds. The van der Waals surface area contributed by atoms with Crippen molar-refractivity contribution in [2.45, 2.75) is 32.8 Å². The predicted octanol–water partition coefficient (Wildman–Crippen LogP) is 4.08. The number of nitrogens with one attached hydrogen (secondary N) is 1. The van der Waals surface area contributed by atoms with Crippen LogP contribution in [-0.2, 0) is 4.74 Å². The summed E-state index contributed by atoms with van der Waals surface area (Å²) >= 11 is 6.04. The van der Waals surface area contributed by atoms with Crippen molar-refractivity contribution in [2.75, 3.05) is 6.54 Å². The van der Waals surface area contributed by atoms with Gasteiger partial charge in [0.15, 0.2) is 0 Å². The van der Waals surface area contributed by atoms with E-state index in [0.29, 0.717) is 23.6 Å². The molecule has 1 aromatic carbocycles. The Bertz CT molecular complexity index is 533. The second-order valence-corrected chi connectivity index (χ2v) is 5.93. The van der Waals surface area contributed by atoms with Crippen molar-refractivity contribution in [3.8, 4) is 0 Å². The van der Waals surface area contributed by atoms with Gasteiger partial charge in [0.25, 0.3) is 0 Å². The van der Waals surface area contributed by atoms with E-state index in [0.717, 1.165) is 11.8 Å². The molecular weight excluding hydrogens is 290 g/mol. The van der Waals surface area contributed by atoms with Crippen molar-refractivity contribution in [1.82, 2.24) is 5.32 Å². The Labute approximate surface area is 130 Å². The topological polar surface area (TPSA) is 55.4 Å². The first kappa shape index (κ1) is 17.2. The first-order chi connectivity index (χ1) is 9.81. The summed E-state index contributed by atoms with van der Waals surface area (Å²) in [6, 6.07) is 5.11. The number of hydrogen-bond acceptors (Lipinski definition) is 3. The fraction of sp³-hybridized carbons (Fsp3) is 0.375.